The van der Waals surface area contributed by atoms with Gasteiger partial charge in [-0.2, -0.15) is 5.10 Å². The summed E-state index contributed by atoms with van der Waals surface area (Å²) in [7, 11) is 0. The molecule has 0 bridgehead atoms. The van der Waals surface area contributed by atoms with E-state index < -0.39 is 12.1 Å². The number of amides is 2. The van der Waals surface area contributed by atoms with Crippen LogP contribution in [-0.2, 0) is 17.8 Å². The molecule has 2 aliphatic rings. The molecule has 2 amide bonds. The van der Waals surface area contributed by atoms with Crippen molar-refractivity contribution >= 4 is 23.6 Å². The molecule has 2 fully saturated rings. The lowest BCUT2D eigenvalue weighted by Gasteiger charge is -2.48. The first-order valence-electron chi connectivity index (χ1n) is 11.8. The molecule has 1 aliphatic carbocycles. The molecule has 4 rings (SSSR count). The molecule has 9 heteroatoms. The Morgan fingerprint density at radius 3 is 2.45 bits per heavy atom. The van der Waals surface area contributed by atoms with Crippen LogP contribution in [0.1, 0.15) is 50.5 Å². The SMILES string of the molecule is O=C(O)NC(Cc1ccc(Cl)cc1)C(=O)N1CCC(Cn2cncn2)(C2CCCCC2)CC1. The second-order valence-corrected chi connectivity index (χ2v) is 9.88. The van der Waals surface area contributed by atoms with E-state index in [1.165, 1.54) is 32.1 Å². The molecule has 1 aliphatic heterocycles. The average molecular weight is 474 g/mol. The maximum Gasteiger partial charge on any atom is 0.405 e. The van der Waals surface area contributed by atoms with Crippen LogP contribution in [0.4, 0.5) is 4.79 Å². The molecule has 1 aromatic carbocycles. The van der Waals surface area contributed by atoms with Crippen LogP contribution in [-0.4, -0.2) is 55.9 Å². The summed E-state index contributed by atoms with van der Waals surface area (Å²) in [5.41, 5.74) is 0.961. The third kappa shape index (κ3) is 5.85. The number of nitrogens with one attached hydrogen (secondary N) is 1. The number of carbonyl (C=O) groups excluding carboxylic acids is 1. The van der Waals surface area contributed by atoms with Gasteiger partial charge in [-0.05, 0) is 54.7 Å². The smallest absolute Gasteiger partial charge is 0.405 e. The molecule has 1 unspecified atom stereocenters. The summed E-state index contributed by atoms with van der Waals surface area (Å²) < 4.78 is 1.93. The van der Waals surface area contributed by atoms with Crippen LogP contribution in [0.2, 0.25) is 5.02 Å². The fraction of sp³-hybridized carbons (Fsp3) is 0.583. The van der Waals surface area contributed by atoms with Gasteiger partial charge in [0.1, 0.15) is 18.7 Å². The highest BCUT2D eigenvalue weighted by Crippen LogP contribution is 2.47. The third-order valence-corrected chi connectivity index (χ3v) is 7.69. The van der Waals surface area contributed by atoms with Gasteiger partial charge in [0.2, 0.25) is 5.91 Å². The number of hydrogen-bond acceptors (Lipinski definition) is 4. The van der Waals surface area contributed by atoms with Crippen molar-refractivity contribution in [3.63, 3.8) is 0 Å². The van der Waals surface area contributed by atoms with Crippen molar-refractivity contribution in [1.82, 2.24) is 25.0 Å². The molecule has 1 aromatic heterocycles. The van der Waals surface area contributed by atoms with Crippen LogP contribution in [0.15, 0.2) is 36.9 Å². The van der Waals surface area contributed by atoms with E-state index in [1.807, 2.05) is 21.7 Å². The number of nitrogens with zero attached hydrogens (tertiary/aromatic N) is 4. The molecule has 178 valence electrons. The van der Waals surface area contributed by atoms with Crippen LogP contribution >= 0.6 is 11.6 Å². The van der Waals surface area contributed by atoms with Crippen molar-refractivity contribution < 1.29 is 14.7 Å². The van der Waals surface area contributed by atoms with Gasteiger partial charge < -0.3 is 15.3 Å². The number of carbonyl (C=O) groups is 2. The fourth-order valence-corrected chi connectivity index (χ4v) is 5.77. The van der Waals surface area contributed by atoms with E-state index in [9.17, 15) is 14.7 Å². The molecule has 2 aromatic rings. The minimum Gasteiger partial charge on any atom is -0.465 e. The fourth-order valence-electron chi connectivity index (χ4n) is 5.65. The molecule has 0 radical (unpaired) electrons. The lowest BCUT2D eigenvalue weighted by Crippen LogP contribution is -2.54. The van der Waals surface area contributed by atoms with E-state index in [4.69, 9.17) is 11.6 Å². The first kappa shape index (κ1) is 23.5. The molecule has 2 N–H and O–H groups in total. The highest BCUT2D eigenvalue weighted by Gasteiger charge is 2.43. The zero-order valence-corrected chi connectivity index (χ0v) is 19.6. The van der Waals surface area contributed by atoms with Gasteiger partial charge in [0.25, 0.3) is 0 Å². The van der Waals surface area contributed by atoms with E-state index >= 15 is 0 Å². The summed E-state index contributed by atoms with van der Waals surface area (Å²) in [5, 5.41) is 16.7. The quantitative estimate of drug-likeness (QED) is 0.633. The van der Waals surface area contributed by atoms with Gasteiger partial charge in [-0.15, -0.1) is 0 Å². The van der Waals surface area contributed by atoms with Crippen LogP contribution in [0.5, 0.6) is 0 Å². The van der Waals surface area contributed by atoms with Crippen molar-refractivity contribution in [2.24, 2.45) is 11.3 Å². The first-order valence-corrected chi connectivity index (χ1v) is 12.2. The molecule has 0 spiro atoms. The Kier molecular flexibility index (Phi) is 7.53. The highest BCUT2D eigenvalue weighted by molar-refractivity contribution is 6.30. The Morgan fingerprint density at radius 1 is 1.15 bits per heavy atom. The van der Waals surface area contributed by atoms with Gasteiger partial charge in [-0.3, -0.25) is 9.48 Å². The monoisotopic (exact) mass is 473 g/mol. The summed E-state index contributed by atoms with van der Waals surface area (Å²) in [5.74, 6) is 0.458. The number of carboxylic acid groups (broad SMARTS) is 1. The van der Waals surface area contributed by atoms with E-state index in [2.05, 4.69) is 15.4 Å². The number of piperidine rings is 1. The largest absolute Gasteiger partial charge is 0.465 e. The van der Waals surface area contributed by atoms with E-state index in [0.717, 1.165) is 24.9 Å². The minimum atomic E-state index is -1.19. The molecule has 8 nitrogen and oxygen atoms in total. The van der Waals surface area contributed by atoms with Crippen LogP contribution in [0.25, 0.3) is 0 Å². The lowest BCUT2D eigenvalue weighted by atomic mass is 9.63. The predicted octanol–water partition coefficient (Wildman–Crippen LogP) is 4.00. The van der Waals surface area contributed by atoms with Crippen molar-refractivity contribution in [2.45, 2.75) is 64.0 Å². The van der Waals surface area contributed by atoms with Crippen molar-refractivity contribution in [3.8, 4) is 0 Å². The average Bonchev–Trinajstić information content (AvgIpc) is 3.33. The van der Waals surface area contributed by atoms with Gasteiger partial charge in [0, 0.05) is 31.1 Å². The van der Waals surface area contributed by atoms with Crippen LogP contribution < -0.4 is 5.32 Å². The van der Waals surface area contributed by atoms with Crippen LogP contribution in [0.3, 0.4) is 0 Å². The first-order chi connectivity index (χ1) is 15.9. The van der Waals surface area contributed by atoms with Gasteiger partial charge >= 0.3 is 6.09 Å². The molecule has 1 atom stereocenters. The van der Waals surface area contributed by atoms with Gasteiger partial charge in [-0.1, -0.05) is 43.0 Å². The van der Waals surface area contributed by atoms with Crippen LogP contribution in [0, 0.1) is 11.3 Å². The summed E-state index contributed by atoms with van der Waals surface area (Å²) >= 11 is 5.96. The summed E-state index contributed by atoms with van der Waals surface area (Å²) in [4.78, 5) is 30.7. The molecule has 1 saturated carbocycles. The van der Waals surface area contributed by atoms with E-state index in [0.29, 0.717) is 30.5 Å². The van der Waals surface area contributed by atoms with E-state index in [-0.39, 0.29) is 11.3 Å². The Balaban J connectivity index is 1.46. The minimum absolute atomic E-state index is 0.0940. The highest BCUT2D eigenvalue weighted by atomic mass is 35.5. The normalized spacial score (nSPS) is 19.7. The number of rotatable bonds is 7. The molecule has 33 heavy (non-hydrogen) atoms. The Bertz CT molecular complexity index is 920. The second kappa shape index (κ2) is 10.5. The number of hydrogen-bond donors (Lipinski definition) is 2. The second-order valence-electron chi connectivity index (χ2n) is 9.45. The molecular weight excluding hydrogens is 442 g/mol. The number of benzene rings is 1. The number of likely N-dealkylation sites (tertiary alicyclic amines) is 1. The van der Waals surface area contributed by atoms with Crippen molar-refractivity contribution in [3.05, 3.63) is 47.5 Å². The third-order valence-electron chi connectivity index (χ3n) is 7.43. The van der Waals surface area contributed by atoms with Crippen molar-refractivity contribution in [1.29, 1.82) is 0 Å². The van der Waals surface area contributed by atoms with Gasteiger partial charge in [0.15, 0.2) is 0 Å². The Labute approximate surface area is 199 Å². The standard InChI is InChI=1S/C24H32ClN5O3/c25-20-8-6-18(7-9-20)14-21(28-23(32)33)22(31)29-12-10-24(11-13-29,15-30-17-26-16-27-30)19-4-2-1-3-5-19/h6-9,16-17,19,21,28H,1-5,10-15H2,(H,32,33). The predicted molar refractivity (Wildman–Crippen MR) is 125 cm³/mol. The van der Waals surface area contributed by atoms with E-state index in [1.54, 1.807) is 24.8 Å². The van der Waals surface area contributed by atoms with Crippen molar-refractivity contribution in [2.75, 3.05) is 13.1 Å². The lowest BCUT2D eigenvalue weighted by molar-refractivity contribution is -0.137. The van der Waals surface area contributed by atoms with Gasteiger partial charge in [0.05, 0.1) is 0 Å². The molecular formula is C24H32ClN5O3. The zero-order chi connectivity index (χ0) is 23.3. The Morgan fingerprint density at radius 2 is 1.85 bits per heavy atom. The molecule has 2 heterocycles. The summed E-state index contributed by atoms with van der Waals surface area (Å²) in [6.07, 6.45) is 10.5. The maximum atomic E-state index is 13.4. The molecule has 1 saturated heterocycles. The Hall–Kier alpha value is -2.61. The van der Waals surface area contributed by atoms with Gasteiger partial charge in [-0.25, -0.2) is 9.78 Å². The maximum absolute atomic E-state index is 13.4. The zero-order valence-electron chi connectivity index (χ0n) is 18.8. The summed E-state index contributed by atoms with van der Waals surface area (Å²) in [6, 6.07) is 6.34. The number of aromatic nitrogens is 3. The summed E-state index contributed by atoms with van der Waals surface area (Å²) in [6.45, 7) is 2.08. The topological polar surface area (TPSA) is 100 Å². The number of halogens is 1.